The first-order chi connectivity index (χ1) is 7.61. The topological polar surface area (TPSA) is 47.1 Å². The van der Waals surface area contributed by atoms with Crippen LogP contribution in [0.15, 0.2) is 4.47 Å². The standard InChI is InChI=1S/C11H19BrN4/c1-3-16-10(11(12)8(2)14-16)7-15-5-4-9(13)6-15/h9H,3-7,13H2,1-2H3/t9-/m1/s1. The normalized spacial score (nSPS) is 21.9. The molecule has 1 aromatic heterocycles. The predicted molar refractivity (Wildman–Crippen MR) is 68.2 cm³/mol. The molecule has 1 aromatic rings. The van der Waals surface area contributed by atoms with Crippen molar-refractivity contribution >= 4 is 15.9 Å². The summed E-state index contributed by atoms with van der Waals surface area (Å²) in [6.45, 7) is 8.13. The number of rotatable bonds is 3. The Hall–Kier alpha value is -0.390. The van der Waals surface area contributed by atoms with Crippen molar-refractivity contribution in [1.29, 1.82) is 0 Å². The number of aryl methyl sites for hydroxylation is 2. The molecule has 1 saturated heterocycles. The van der Waals surface area contributed by atoms with Crippen LogP contribution in [0, 0.1) is 6.92 Å². The van der Waals surface area contributed by atoms with Crippen molar-refractivity contribution in [3.63, 3.8) is 0 Å². The molecule has 0 bridgehead atoms. The summed E-state index contributed by atoms with van der Waals surface area (Å²) in [5, 5.41) is 4.50. The first-order valence-electron chi connectivity index (χ1n) is 5.81. The van der Waals surface area contributed by atoms with Crippen LogP contribution in [-0.4, -0.2) is 33.8 Å². The number of hydrogen-bond donors (Lipinski definition) is 1. The van der Waals surface area contributed by atoms with Crippen molar-refractivity contribution in [1.82, 2.24) is 14.7 Å². The molecule has 0 saturated carbocycles. The third-order valence-electron chi connectivity index (χ3n) is 3.14. The number of hydrogen-bond acceptors (Lipinski definition) is 3. The van der Waals surface area contributed by atoms with Crippen LogP contribution >= 0.6 is 15.9 Å². The van der Waals surface area contributed by atoms with E-state index in [-0.39, 0.29) is 0 Å². The molecule has 1 fully saturated rings. The van der Waals surface area contributed by atoms with E-state index in [4.69, 9.17) is 5.73 Å². The molecule has 0 amide bonds. The SMILES string of the molecule is CCn1nc(C)c(Br)c1CN1CC[C@@H](N)C1. The van der Waals surface area contributed by atoms with E-state index in [2.05, 4.69) is 37.5 Å². The van der Waals surface area contributed by atoms with E-state index in [1.54, 1.807) is 0 Å². The van der Waals surface area contributed by atoms with Gasteiger partial charge in [0.2, 0.25) is 0 Å². The number of nitrogens with zero attached hydrogens (tertiary/aromatic N) is 3. The number of aromatic nitrogens is 2. The highest BCUT2D eigenvalue weighted by Crippen LogP contribution is 2.23. The van der Waals surface area contributed by atoms with E-state index in [1.165, 1.54) is 5.69 Å². The molecule has 1 aliphatic heterocycles. The third-order valence-corrected chi connectivity index (χ3v) is 4.17. The van der Waals surface area contributed by atoms with Gasteiger partial charge >= 0.3 is 0 Å². The summed E-state index contributed by atoms with van der Waals surface area (Å²) in [6.07, 6.45) is 1.11. The van der Waals surface area contributed by atoms with Gasteiger partial charge in [-0.3, -0.25) is 9.58 Å². The molecular formula is C11H19BrN4. The Kier molecular flexibility index (Phi) is 3.66. The summed E-state index contributed by atoms with van der Waals surface area (Å²) in [6, 6.07) is 0.345. The quantitative estimate of drug-likeness (QED) is 0.916. The molecule has 90 valence electrons. The zero-order valence-corrected chi connectivity index (χ0v) is 11.5. The summed E-state index contributed by atoms with van der Waals surface area (Å²) in [5.41, 5.74) is 8.26. The van der Waals surface area contributed by atoms with Gasteiger partial charge in [0, 0.05) is 32.2 Å². The molecule has 5 heteroatoms. The molecule has 0 radical (unpaired) electrons. The lowest BCUT2D eigenvalue weighted by Crippen LogP contribution is -2.27. The summed E-state index contributed by atoms with van der Waals surface area (Å²) in [5.74, 6) is 0. The minimum absolute atomic E-state index is 0.345. The van der Waals surface area contributed by atoms with Crippen LogP contribution in [0.4, 0.5) is 0 Å². The van der Waals surface area contributed by atoms with Gasteiger partial charge < -0.3 is 5.73 Å². The van der Waals surface area contributed by atoms with Crippen LogP contribution in [0.2, 0.25) is 0 Å². The fourth-order valence-corrected chi connectivity index (χ4v) is 2.65. The molecule has 4 nitrogen and oxygen atoms in total. The first kappa shape index (κ1) is 12.1. The van der Waals surface area contributed by atoms with Crippen molar-refractivity contribution in [2.45, 2.75) is 39.4 Å². The summed E-state index contributed by atoms with van der Waals surface area (Å²) in [4.78, 5) is 2.40. The Balaban J connectivity index is 2.14. The molecule has 1 aliphatic rings. The van der Waals surface area contributed by atoms with E-state index in [9.17, 15) is 0 Å². The van der Waals surface area contributed by atoms with E-state index < -0.39 is 0 Å². The Labute approximate surface area is 105 Å². The minimum Gasteiger partial charge on any atom is -0.326 e. The Morgan fingerprint density at radius 2 is 2.31 bits per heavy atom. The van der Waals surface area contributed by atoms with Gasteiger partial charge in [-0.15, -0.1) is 0 Å². The number of likely N-dealkylation sites (tertiary alicyclic amines) is 1. The molecule has 0 unspecified atom stereocenters. The van der Waals surface area contributed by atoms with Crippen LogP contribution in [-0.2, 0) is 13.1 Å². The Morgan fingerprint density at radius 1 is 1.56 bits per heavy atom. The van der Waals surface area contributed by atoms with Gasteiger partial charge in [0.15, 0.2) is 0 Å². The maximum Gasteiger partial charge on any atom is 0.0739 e. The second-order valence-corrected chi connectivity index (χ2v) is 5.24. The molecule has 0 aromatic carbocycles. The monoisotopic (exact) mass is 286 g/mol. The molecular weight excluding hydrogens is 268 g/mol. The van der Waals surface area contributed by atoms with Crippen LogP contribution in [0.25, 0.3) is 0 Å². The van der Waals surface area contributed by atoms with Gasteiger partial charge in [-0.25, -0.2) is 0 Å². The number of nitrogens with two attached hydrogens (primary N) is 1. The molecule has 2 heterocycles. The highest BCUT2D eigenvalue weighted by atomic mass is 79.9. The lowest BCUT2D eigenvalue weighted by Gasteiger charge is -2.16. The summed E-state index contributed by atoms with van der Waals surface area (Å²) in [7, 11) is 0. The minimum atomic E-state index is 0.345. The lowest BCUT2D eigenvalue weighted by atomic mass is 10.3. The highest BCUT2D eigenvalue weighted by Gasteiger charge is 2.22. The smallest absolute Gasteiger partial charge is 0.0739 e. The van der Waals surface area contributed by atoms with Gasteiger partial charge in [-0.1, -0.05) is 0 Å². The maximum absolute atomic E-state index is 5.92. The van der Waals surface area contributed by atoms with Gasteiger partial charge in [0.1, 0.15) is 0 Å². The van der Waals surface area contributed by atoms with Crippen LogP contribution in [0.3, 0.4) is 0 Å². The fraction of sp³-hybridized carbons (Fsp3) is 0.727. The zero-order valence-electron chi connectivity index (χ0n) is 9.91. The largest absolute Gasteiger partial charge is 0.326 e. The van der Waals surface area contributed by atoms with Crippen LogP contribution in [0.1, 0.15) is 24.7 Å². The van der Waals surface area contributed by atoms with Gasteiger partial charge in [-0.2, -0.15) is 5.10 Å². The van der Waals surface area contributed by atoms with E-state index in [1.807, 2.05) is 6.92 Å². The second-order valence-electron chi connectivity index (χ2n) is 4.45. The molecule has 2 rings (SSSR count). The first-order valence-corrected chi connectivity index (χ1v) is 6.60. The predicted octanol–water partition coefficient (Wildman–Crippen LogP) is 1.51. The van der Waals surface area contributed by atoms with E-state index in [0.29, 0.717) is 6.04 Å². The van der Waals surface area contributed by atoms with E-state index >= 15 is 0 Å². The molecule has 0 spiro atoms. The molecule has 16 heavy (non-hydrogen) atoms. The van der Waals surface area contributed by atoms with E-state index in [0.717, 1.165) is 42.8 Å². The van der Waals surface area contributed by atoms with Crippen molar-refractivity contribution in [3.8, 4) is 0 Å². The van der Waals surface area contributed by atoms with Gasteiger partial charge in [0.05, 0.1) is 15.9 Å². The highest BCUT2D eigenvalue weighted by molar-refractivity contribution is 9.10. The van der Waals surface area contributed by atoms with Crippen molar-refractivity contribution < 1.29 is 0 Å². The zero-order chi connectivity index (χ0) is 11.7. The lowest BCUT2D eigenvalue weighted by molar-refractivity contribution is 0.314. The average molecular weight is 287 g/mol. The summed E-state index contributed by atoms with van der Waals surface area (Å²) < 4.78 is 3.22. The summed E-state index contributed by atoms with van der Waals surface area (Å²) >= 11 is 3.62. The van der Waals surface area contributed by atoms with Crippen LogP contribution in [0.5, 0.6) is 0 Å². The Morgan fingerprint density at radius 3 is 2.88 bits per heavy atom. The van der Waals surface area contributed by atoms with Crippen molar-refractivity contribution in [3.05, 3.63) is 15.9 Å². The maximum atomic E-state index is 5.92. The molecule has 2 N–H and O–H groups in total. The average Bonchev–Trinajstić information content (AvgIpc) is 2.77. The van der Waals surface area contributed by atoms with Crippen molar-refractivity contribution in [2.75, 3.05) is 13.1 Å². The molecule has 1 atom stereocenters. The second kappa shape index (κ2) is 4.85. The van der Waals surface area contributed by atoms with Crippen LogP contribution < -0.4 is 5.73 Å². The third kappa shape index (κ3) is 2.31. The van der Waals surface area contributed by atoms with Crippen molar-refractivity contribution in [2.24, 2.45) is 5.73 Å². The van der Waals surface area contributed by atoms with Gasteiger partial charge in [-0.05, 0) is 36.2 Å². The molecule has 0 aliphatic carbocycles. The van der Waals surface area contributed by atoms with Gasteiger partial charge in [0.25, 0.3) is 0 Å². The number of halogens is 1. The Bertz CT molecular complexity index is 374. The fourth-order valence-electron chi connectivity index (χ4n) is 2.24.